The Morgan fingerprint density at radius 1 is 0.875 bits per heavy atom. The van der Waals surface area contributed by atoms with Gasteiger partial charge in [0, 0.05) is 36.7 Å². The van der Waals surface area contributed by atoms with Gasteiger partial charge in [0.25, 0.3) is 0 Å². The number of nitrogens with zero attached hydrogens (tertiary/aromatic N) is 2. The summed E-state index contributed by atoms with van der Waals surface area (Å²) in [6.45, 7) is 1.59. The van der Waals surface area contributed by atoms with E-state index in [1.54, 1.807) is 33.3 Å². The van der Waals surface area contributed by atoms with Crippen LogP contribution in [-0.4, -0.2) is 58.0 Å². The molecule has 2 aliphatic rings. The van der Waals surface area contributed by atoms with E-state index in [1.807, 2.05) is 0 Å². The van der Waals surface area contributed by atoms with Gasteiger partial charge in [-0.05, 0) is 0 Å². The van der Waals surface area contributed by atoms with Crippen LogP contribution in [0.1, 0.15) is 0 Å². The van der Waals surface area contributed by atoms with Crippen molar-refractivity contribution in [3.63, 3.8) is 0 Å². The van der Waals surface area contributed by atoms with Gasteiger partial charge in [-0.25, -0.2) is 0 Å². The van der Waals surface area contributed by atoms with Gasteiger partial charge < -0.3 is 9.80 Å². The summed E-state index contributed by atoms with van der Waals surface area (Å²) in [7, 11) is 0. The second-order valence-electron chi connectivity index (χ2n) is 3.61. The van der Waals surface area contributed by atoms with Crippen LogP contribution in [0.2, 0.25) is 0 Å². The molecule has 16 heavy (non-hydrogen) atoms. The molecule has 0 saturated carbocycles. The van der Waals surface area contributed by atoms with Crippen LogP contribution >= 0.6 is 23.5 Å². The van der Waals surface area contributed by atoms with Gasteiger partial charge in [0.05, 0.1) is 11.8 Å². The minimum atomic E-state index is -0.0507. The van der Waals surface area contributed by atoms with Crippen LogP contribution in [0.25, 0.3) is 0 Å². The van der Waals surface area contributed by atoms with Crippen LogP contribution in [0.4, 0.5) is 0 Å². The fraction of sp³-hybridized carbons (Fsp3) is 0.600. The molecule has 0 N–H and O–H groups in total. The Balaban J connectivity index is 1.82. The van der Waals surface area contributed by atoms with E-state index in [2.05, 4.69) is 0 Å². The van der Waals surface area contributed by atoms with E-state index in [0.717, 1.165) is 36.3 Å². The zero-order valence-corrected chi connectivity index (χ0v) is 10.6. The Kier molecular flexibility index (Phi) is 4.17. The third-order valence-corrected chi connectivity index (χ3v) is 4.43. The summed E-state index contributed by atoms with van der Waals surface area (Å²) in [5, 5.41) is 0. The van der Waals surface area contributed by atoms with Crippen molar-refractivity contribution < 1.29 is 9.59 Å². The number of carbonyl (C=O) groups excluding carboxylic acids is 2. The molecule has 2 saturated heterocycles. The molecule has 0 aliphatic carbocycles. The van der Waals surface area contributed by atoms with Gasteiger partial charge in [-0.15, -0.1) is 23.5 Å². The molecule has 2 amide bonds. The van der Waals surface area contributed by atoms with Crippen molar-refractivity contribution in [2.45, 2.75) is 0 Å². The third-order valence-electron chi connectivity index (χ3n) is 2.50. The molecule has 2 heterocycles. The maximum atomic E-state index is 11.6. The van der Waals surface area contributed by atoms with Crippen LogP contribution in [0, 0.1) is 0 Å². The van der Waals surface area contributed by atoms with Crippen LogP contribution in [0.5, 0.6) is 0 Å². The molecule has 0 radical (unpaired) electrons. The van der Waals surface area contributed by atoms with Crippen LogP contribution < -0.4 is 0 Å². The van der Waals surface area contributed by atoms with Gasteiger partial charge in [-0.3, -0.25) is 9.59 Å². The molecule has 0 bridgehead atoms. The van der Waals surface area contributed by atoms with Gasteiger partial charge in [0.1, 0.15) is 0 Å². The quantitative estimate of drug-likeness (QED) is 0.680. The van der Waals surface area contributed by atoms with Gasteiger partial charge in [-0.2, -0.15) is 0 Å². The lowest BCUT2D eigenvalue weighted by molar-refractivity contribution is -0.127. The number of hydrogen-bond acceptors (Lipinski definition) is 4. The second-order valence-corrected chi connectivity index (χ2v) is 5.76. The first-order valence-corrected chi connectivity index (χ1v) is 7.50. The summed E-state index contributed by atoms with van der Waals surface area (Å²) in [6.07, 6.45) is 2.80. The molecule has 2 fully saturated rings. The minimum absolute atomic E-state index is 0.0507. The standard InChI is InChI=1S/C10H14N2O2S2/c13-9(11-3-5-15-7-11)1-2-10(14)12-4-6-16-8-12/h1-2H,3-8H2. The average molecular weight is 258 g/mol. The lowest BCUT2D eigenvalue weighted by Gasteiger charge is -2.12. The molecule has 0 aromatic carbocycles. The minimum Gasteiger partial charge on any atom is -0.329 e. The SMILES string of the molecule is O=C(C=CC(=O)N1CCSC1)N1CCSC1. The van der Waals surface area contributed by atoms with Crippen LogP contribution in [-0.2, 0) is 9.59 Å². The fourth-order valence-corrected chi connectivity index (χ4v) is 3.44. The lowest BCUT2D eigenvalue weighted by atomic mass is 10.4. The molecule has 88 valence electrons. The predicted octanol–water partition coefficient (Wildman–Crippen LogP) is 0.608. The van der Waals surface area contributed by atoms with Crippen molar-refractivity contribution in [2.75, 3.05) is 36.3 Å². The highest BCUT2D eigenvalue weighted by Crippen LogP contribution is 2.15. The number of hydrogen-bond donors (Lipinski definition) is 0. The van der Waals surface area contributed by atoms with Gasteiger partial charge in [0.15, 0.2) is 0 Å². The van der Waals surface area contributed by atoms with Crippen molar-refractivity contribution >= 4 is 35.3 Å². The summed E-state index contributed by atoms with van der Waals surface area (Å²) >= 11 is 3.49. The number of thioether (sulfide) groups is 2. The molecule has 0 aromatic heterocycles. The van der Waals surface area contributed by atoms with Crippen molar-refractivity contribution in [3.8, 4) is 0 Å². The van der Waals surface area contributed by atoms with Gasteiger partial charge in [-0.1, -0.05) is 0 Å². The Morgan fingerprint density at radius 2 is 1.31 bits per heavy atom. The average Bonchev–Trinajstić information content (AvgIpc) is 2.95. The smallest absolute Gasteiger partial charge is 0.247 e. The summed E-state index contributed by atoms with van der Waals surface area (Å²) in [6, 6.07) is 0. The highest BCUT2D eigenvalue weighted by atomic mass is 32.2. The van der Waals surface area contributed by atoms with Crippen LogP contribution in [0.15, 0.2) is 12.2 Å². The largest absolute Gasteiger partial charge is 0.329 e. The first-order chi connectivity index (χ1) is 7.77. The van der Waals surface area contributed by atoms with Crippen LogP contribution in [0.3, 0.4) is 0 Å². The van der Waals surface area contributed by atoms with E-state index in [1.165, 1.54) is 12.2 Å². The Labute approximate surface area is 103 Å². The van der Waals surface area contributed by atoms with E-state index < -0.39 is 0 Å². The van der Waals surface area contributed by atoms with E-state index in [-0.39, 0.29) is 11.8 Å². The highest BCUT2D eigenvalue weighted by molar-refractivity contribution is 7.99. The van der Waals surface area contributed by atoms with E-state index in [0.29, 0.717) is 0 Å². The number of carbonyl (C=O) groups is 2. The molecule has 2 rings (SSSR count). The Bertz CT molecular complexity index is 278. The van der Waals surface area contributed by atoms with Crippen molar-refractivity contribution in [2.24, 2.45) is 0 Å². The summed E-state index contributed by atoms with van der Waals surface area (Å²) in [5.74, 6) is 3.39. The third kappa shape index (κ3) is 2.95. The summed E-state index contributed by atoms with van der Waals surface area (Å²) in [5.41, 5.74) is 0. The van der Waals surface area contributed by atoms with Gasteiger partial charge in [0.2, 0.25) is 11.8 Å². The zero-order valence-electron chi connectivity index (χ0n) is 8.92. The fourth-order valence-electron chi connectivity index (χ4n) is 1.53. The molecule has 0 spiro atoms. The monoisotopic (exact) mass is 258 g/mol. The lowest BCUT2D eigenvalue weighted by Crippen LogP contribution is -2.28. The molecular formula is C10H14N2O2S2. The van der Waals surface area contributed by atoms with Crippen molar-refractivity contribution in [1.29, 1.82) is 0 Å². The molecular weight excluding hydrogens is 244 g/mol. The molecule has 2 aliphatic heterocycles. The van der Waals surface area contributed by atoms with E-state index >= 15 is 0 Å². The Morgan fingerprint density at radius 3 is 1.62 bits per heavy atom. The maximum Gasteiger partial charge on any atom is 0.247 e. The predicted molar refractivity (Wildman–Crippen MR) is 67.2 cm³/mol. The highest BCUT2D eigenvalue weighted by Gasteiger charge is 2.18. The summed E-state index contributed by atoms with van der Waals surface area (Å²) in [4.78, 5) is 26.7. The zero-order chi connectivity index (χ0) is 11.4. The van der Waals surface area contributed by atoms with E-state index in [4.69, 9.17) is 0 Å². The molecule has 0 aromatic rings. The normalized spacial score (nSPS) is 21.0. The van der Waals surface area contributed by atoms with Gasteiger partial charge >= 0.3 is 0 Å². The Hall–Kier alpha value is -0.620. The first-order valence-electron chi connectivity index (χ1n) is 5.19. The number of rotatable bonds is 2. The molecule has 4 nitrogen and oxygen atoms in total. The number of amides is 2. The topological polar surface area (TPSA) is 40.6 Å². The summed E-state index contributed by atoms with van der Waals surface area (Å²) < 4.78 is 0. The van der Waals surface area contributed by atoms with Crippen molar-refractivity contribution in [3.05, 3.63) is 12.2 Å². The van der Waals surface area contributed by atoms with Crippen molar-refractivity contribution in [1.82, 2.24) is 9.80 Å². The molecule has 0 unspecified atom stereocenters. The second kappa shape index (κ2) is 5.63. The molecule has 6 heteroatoms. The molecule has 0 atom stereocenters. The first kappa shape index (κ1) is 11.9. The van der Waals surface area contributed by atoms with E-state index in [9.17, 15) is 9.59 Å². The maximum absolute atomic E-state index is 11.6.